The monoisotopic (exact) mass is 280 g/mol. The van der Waals surface area contributed by atoms with Crippen molar-refractivity contribution >= 4 is 33.9 Å². The quantitative estimate of drug-likeness (QED) is 0.544. The van der Waals surface area contributed by atoms with Crippen LogP contribution in [0.25, 0.3) is 0 Å². The van der Waals surface area contributed by atoms with Crippen molar-refractivity contribution < 1.29 is 18.3 Å². The van der Waals surface area contributed by atoms with Crippen molar-refractivity contribution in [1.82, 2.24) is 0 Å². The second kappa shape index (κ2) is 5.85. The van der Waals surface area contributed by atoms with Crippen LogP contribution in [0.5, 0.6) is 5.75 Å². The van der Waals surface area contributed by atoms with E-state index in [9.17, 15) is 18.3 Å². The lowest BCUT2D eigenvalue weighted by Gasteiger charge is -2.07. The van der Waals surface area contributed by atoms with Crippen molar-refractivity contribution in [3.63, 3.8) is 0 Å². The van der Waals surface area contributed by atoms with Crippen molar-refractivity contribution in [2.45, 2.75) is 0 Å². The molecule has 0 radical (unpaired) electrons. The van der Waals surface area contributed by atoms with Gasteiger partial charge in [-0.15, -0.1) is 12.4 Å². The molecule has 1 aromatic carbocycles. The highest BCUT2D eigenvalue weighted by Gasteiger charge is 2.10. The SMILES string of the molecule is CS(=O)(=O)Nc1cc(C(=O)CN)ccc1O.Cl. The van der Waals surface area contributed by atoms with Gasteiger partial charge in [-0.3, -0.25) is 9.52 Å². The molecular weight excluding hydrogens is 268 g/mol. The molecule has 0 bridgehead atoms. The summed E-state index contributed by atoms with van der Waals surface area (Å²) in [4.78, 5) is 11.3. The van der Waals surface area contributed by atoms with E-state index in [2.05, 4.69) is 4.72 Å². The molecule has 96 valence electrons. The Labute approximate surface area is 105 Å². The van der Waals surface area contributed by atoms with E-state index >= 15 is 0 Å². The third-order valence-electron chi connectivity index (χ3n) is 1.80. The van der Waals surface area contributed by atoms with Crippen LogP contribution in [0.2, 0.25) is 0 Å². The number of Topliss-reactive ketones (excluding diaryl/α,β-unsaturated/α-hetero) is 1. The third kappa shape index (κ3) is 4.59. The number of phenolic OH excluding ortho intramolecular Hbond substituents is 1. The number of hydrogen-bond acceptors (Lipinski definition) is 5. The minimum absolute atomic E-state index is 0. The molecule has 0 fully saturated rings. The van der Waals surface area contributed by atoms with E-state index in [1.807, 2.05) is 0 Å². The molecule has 0 aromatic heterocycles. The third-order valence-corrected chi connectivity index (χ3v) is 2.39. The Morgan fingerprint density at radius 2 is 2.06 bits per heavy atom. The molecule has 0 aliphatic heterocycles. The predicted octanol–water partition coefficient (Wildman–Crippen LogP) is 0.327. The number of halogens is 1. The lowest BCUT2D eigenvalue weighted by molar-refractivity contribution is 0.100. The maximum absolute atomic E-state index is 11.3. The first-order valence-corrected chi connectivity index (χ1v) is 6.26. The molecule has 0 saturated carbocycles. The topological polar surface area (TPSA) is 109 Å². The van der Waals surface area contributed by atoms with Crippen LogP contribution in [0.15, 0.2) is 18.2 Å². The first-order chi connectivity index (χ1) is 7.33. The number of carbonyl (C=O) groups excluding carboxylic acids is 1. The fourth-order valence-corrected chi connectivity index (χ4v) is 1.67. The van der Waals surface area contributed by atoms with Crippen LogP contribution in [0.4, 0.5) is 5.69 Å². The number of carbonyl (C=O) groups is 1. The summed E-state index contributed by atoms with van der Waals surface area (Å²) in [5, 5.41) is 9.38. The van der Waals surface area contributed by atoms with Crippen molar-refractivity contribution in [2.75, 3.05) is 17.5 Å². The van der Waals surface area contributed by atoms with Gasteiger partial charge < -0.3 is 10.8 Å². The summed E-state index contributed by atoms with van der Waals surface area (Å²) in [5.41, 5.74) is 5.37. The lowest BCUT2D eigenvalue weighted by atomic mass is 10.1. The van der Waals surface area contributed by atoms with E-state index in [-0.39, 0.29) is 41.7 Å². The van der Waals surface area contributed by atoms with Gasteiger partial charge in [0, 0.05) is 5.56 Å². The van der Waals surface area contributed by atoms with Gasteiger partial charge in [0.25, 0.3) is 0 Å². The maximum atomic E-state index is 11.3. The molecule has 0 unspecified atom stereocenters. The standard InChI is InChI=1S/C9H12N2O4S.ClH/c1-16(14,15)11-7-4-6(9(13)5-10)2-3-8(7)12;/h2-4,11-12H,5,10H2,1H3;1H. The molecule has 0 spiro atoms. The van der Waals surface area contributed by atoms with E-state index in [1.165, 1.54) is 18.2 Å². The Hall–Kier alpha value is -1.31. The van der Waals surface area contributed by atoms with Gasteiger partial charge in [-0.05, 0) is 18.2 Å². The number of nitrogens with one attached hydrogen (secondary N) is 1. The summed E-state index contributed by atoms with van der Waals surface area (Å²) >= 11 is 0. The summed E-state index contributed by atoms with van der Waals surface area (Å²) in [6, 6.07) is 3.85. The highest BCUT2D eigenvalue weighted by atomic mass is 35.5. The first kappa shape index (κ1) is 15.7. The van der Waals surface area contributed by atoms with Gasteiger partial charge in [-0.25, -0.2) is 8.42 Å². The average molecular weight is 281 g/mol. The molecule has 0 saturated heterocycles. The smallest absolute Gasteiger partial charge is 0.229 e. The summed E-state index contributed by atoms with van der Waals surface area (Å²) in [6.45, 7) is -0.177. The van der Waals surface area contributed by atoms with Crippen molar-refractivity contribution in [2.24, 2.45) is 5.73 Å². The number of phenols is 1. The molecule has 0 amide bonds. The van der Waals surface area contributed by atoms with Crippen LogP contribution in [-0.2, 0) is 10.0 Å². The Morgan fingerprint density at radius 1 is 1.47 bits per heavy atom. The molecule has 6 nitrogen and oxygen atoms in total. The van der Waals surface area contributed by atoms with E-state index in [4.69, 9.17) is 5.73 Å². The fourth-order valence-electron chi connectivity index (χ4n) is 1.11. The summed E-state index contributed by atoms with van der Waals surface area (Å²) in [5.74, 6) is -0.587. The minimum Gasteiger partial charge on any atom is -0.506 e. The summed E-state index contributed by atoms with van der Waals surface area (Å²) in [6.07, 6.45) is 0.948. The number of sulfonamides is 1. The Bertz CT molecular complexity index is 516. The van der Waals surface area contributed by atoms with E-state index < -0.39 is 10.0 Å². The lowest BCUT2D eigenvalue weighted by Crippen LogP contribution is -2.14. The Kier molecular flexibility index (Phi) is 5.40. The molecule has 0 atom stereocenters. The number of rotatable bonds is 4. The highest BCUT2D eigenvalue weighted by molar-refractivity contribution is 7.92. The number of ketones is 1. The summed E-state index contributed by atoms with van der Waals surface area (Å²) < 4.78 is 24.0. The summed E-state index contributed by atoms with van der Waals surface area (Å²) in [7, 11) is -3.50. The van der Waals surface area contributed by atoms with Gasteiger partial charge >= 0.3 is 0 Å². The molecule has 8 heteroatoms. The number of anilines is 1. The second-order valence-corrected chi connectivity index (χ2v) is 4.98. The molecule has 0 aliphatic rings. The van der Waals surface area contributed by atoms with Gasteiger partial charge in [-0.1, -0.05) is 0 Å². The van der Waals surface area contributed by atoms with Crippen molar-refractivity contribution in [3.05, 3.63) is 23.8 Å². The van der Waals surface area contributed by atoms with Crippen molar-refractivity contribution in [1.29, 1.82) is 0 Å². The zero-order valence-electron chi connectivity index (χ0n) is 9.00. The average Bonchev–Trinajstić information content (AvgIpc) is 2.18. The maximum Gasteiger partial charge on any atom is 0.229 e. The van der Waals surface area contributed by atoms with Crippen molar-refractivity contribution in [3.8, 4) is 5.75 Å². The van der Waals surface area contributed by atoms with Gasteiger partial charge in [0.15, 0.2) is 5.78 Å². The fraction of sp³-hybridized carbons (Fsp3) is 0.222. The molecule has 1 rings (SSSR count). The van der Waals surface area contributed by atoms with Gasteiger partial charge in [0.2, 0.25) is 10.0 Å². The Morgan fingerprint density at radius 3 is 2.53 bits per heavy atom. The second-order valence-electron chi connectivity index (χ2n) is 3.23. The predicted molar refractivity (Wildman–Crippen MR) is 67.2 cm³/mol. The first-order valence-electron chi connectivity index (χ1n) is 4.37. The van der Waals surface area contributed by atoms with Gasteiger partial charge in [0.1, 0.15) is 5.75 Å². The highest BCUT2D eigenvalue weighted by Crippen LogP contribution is 2.25. The molecule has 4 N–H and O–H groups in total. The molecule has 0 heterocycles. The van der Waals surface area contributed by atoms with Crippen LogP contribution >= 0.6 is 12.4 Å². The van der Waals surface area contributed by atoms with Gasteiger partial charge in [0.05, 0.1) is 18.5 Å². The molecule has 17 heavy (non-hydrogen) atoms. The number of hydrogen-bond donors (Lipinski definition) is 3. The van der Waals surface area contributed by atoms with Crippen LogP contribution in [0.1, 0.15) is 10.4 Å². The number of nitrogens with two attached hydrogens (primary N) is 1. The normalized spacial score (nSPS) is 10.5. The largest absolute Gasteiger partial charge is 0.506 e. The van der Waals surface area contributed by atoms with Gasteiger partial charge in [-0.2, -0.15) is 0 Å². The van der Waals surface area contributed by atoms with Crippen LogP contribution in [-0.4, -0.2) is 32.1 Å². The zero-order chi connectivity index (χ0) is 12.3. The van der Waals surface area contributed by atoms with E-state index in [0.29, 0.717) is 0 Å². The van der Waals surface area contributed by atoms with E-state index in [0.717, 1.165) is 6.26 Å². The molecular formula is C9H13ClN2O4S. The zero-order valence-corrected chi connectivity index (χ0v) is 10.6. The number of benzene rings is 1. The van der Waals surface area contributed by atoms with E-state index in [1.54, 1.807) is 0 Å². The number of aromatic hydroxyl groups is 1. The van der Waals surface area contributed by atoms with Crippen LogP contribution < -0.4 is 10.5 Å². The van der Waals surface area contributed by atoms with Crippen LogP contribution in [0, 0.1) is 0 Å². The Balaban J connectivity index is 0.00000256. The van der Waals surface area contributed by atoms with Crippen LogP contribution in [0.3, 0.4) is 0 Å². The minimum atomic E-state index is -3.50. The molecule has 1 aromatic rings. The molecule has 0 aliphatic carbocycles.